The van der Waals surface area contributed by atoms with Gasteiger partial charge in [0, 0.05) is 24.5 Å². The number of carbonyl (C=O) groups excluding carboxylic acids is 1. The highest BCUT2D eigenvalue weighted by Crippen LogP contribution is 2.39. The average Bonchev–Trinajstić information content (AvgIpc) is 3.09. The second kappa shape index (κ2) is 7.93. The minimum absolute atomic E-state index is 0.0804. The molecule has 150 valence electrons. The number of rotatable bonds is 4. The molecular formula is C20H27N5O2S. The smallest absolute Gasteiger partial charge is 0.242 e. The number of anilines is 1. The van der Waals surface area contributed by atoms with E-state index in [1.165, 1.54) is 23.3 Å². The normalized spacial score (nSPS) is 23.4. The van der Waals surface area contributed by atoms with Gasteiger partial charge in [0.15, 0.2) is 0 Å². The third kappa shape index (κ3) is 3.60. The first-order chi connectivity index (χ1) is 13.8. The van der Waals surface area contributed by atoms with Crippen molar-refractivity contribution in [3.63, 3.8) is 0 Å². The maximum atomic E-state index is 12.3. The van der Waals surface area contributed by atoms with Crippen molar-refractivity contribution in [2.24, 2.45) is 0 Å². The molecule has 0 aromatic carbocycles. The van der Waals surface area contributed by atoms with Gasteiger partial charge in [-0.25, -0.2) is 9.97 Å². The molecule has 0 spiro atoms. The summed E-state index contributed by atoms with van der Waals surface area (Å²) in [5, 5.41) is 7.62. The molecule has 1 aliphatic carbocycles. The van der Waals surface area contributed by atoms with Crippen LogP contribution in [0.1, 0.15) is 41.9 Å². The number of morpholine rings is 1. The number of aromatic nitrogens is 2. The first kappa shape index (κ1) is 18.3. The molecule has 8 heteroatoms. The molecule has 1 atom stereocenters. The Morgan fingerprint density at radius 2 is 2.04 bits per heavy atom. The second-order valence-corrected chi connectivity index (χ2v) is 8.98. The molecule has 2 saturated heterocycles. The number of nitrogens with one attached hydrogen (secondary N) is 2. The second-order valence-electron chi connectivity index (χ2n) is 7.90. The minimum atomic E-state index is -0.206. The van der Waals surface area contributed by atoms with Crippen LogP contribution in [0.5, 0.6) is 0 Å². The van der Waals surface area contributed by atoms with Crippen molar-refractivity contribution in [1.82, 2.24) is 20.2 Å². The molecule has 0 saturated carbocycles. The molecule has 2 aromatic rings. The Bertz CT molecular complexity index is 877. The number of hydrogen-bond donors (Lipinski definition) is 2. The molecule has 28 heavy (non-hydrogen) atoms. The Hall–Kier alpha value is -1.77. The summed E-state index contributed by atoms with van der Waals surface area (Å²) in [5.74, 6) is 1.78. The summed E-state index contributed by atoms with van der Waals surface area (Å²) in [7, 11) is 0. The van der Waals surface area contributed by atoms with Gasteiger partial charge in [-0.2, -0.15) is 0 Å². The lowest BCUT2D eigenvalue weighted by atomic mass is 9.96. The third-order valence-electron chi connectivity index (χ3n) is 5.93. The quantitative estimate of drug-likeness (QED) is 0.817. The molecule has 2 aromatic heterocycles. The van der Waals surface area contributed by atoms with E-state index >= 15 is 0 Å². The van der Waals surface area contributed by atoms with Crippen LogP contribution < -0.4 is 10.6 Å². The van der Waals surface area contributed by atoms with Crippen LogP contribution in [0.15, 0.2) is 0 Å². The first-order valence-electron chi connectivity index (χ1n) is 10.4. The number of aryl methyl sites for hydroxylation is 2. The van der Waals surface area contributed by atoms with Crippen LogP contribution in [-0.4, -0.2) is 59.7 Å². The molecule has 4 heterocycles. The van der Waals surface area contributed by atoms with Crippen molar-refractivity contribution >= 4 is 33.3 Å². The fraction of sp³-hybridized carbons (Fsp3) is 0.650. The van der Waals surface area contributed by atoms with Crippen molar-refractivity contribution < 1.29 is 9.53 Å². The zero-order valence-electron chi connectivity index (χ0n) is 16.1. The third-order valence-corrected chi connectivity index (χ3v) is 7.11. The van der Waals surface area contributed by atoms with Crippen molar-refractivity contribution in [2.75, 3.05) is 38.2 Å². The lowest BCUT2D eigenvalue weighted by Crippen LogP contribution is -2.44. The summed E-state index contributed by atoms with van der Waals surface area (Å²) in [5.41, 5.74) is 1.41. The van der Waals surface area contributed by atoms with Crippen LogP contribution in [0.2, 0.25) is 0 Å². The minimum Gasteiger partial charge on any atom is -0.379 e. The summed E-state index contributed by atoms with van der Waals surface area (Å²) in [4.78, 5) is 27.1. The Labute approximate surface area is 168 Å². The molecule has 2 fully saturated rings. The predicted molar refractivity (Wildman–Crippen MR) is 110 cm³/mol. The molecule has 0 radical (unpaired) electrons. The zero-order chi connectivity index (χ0) is 18.9. The van der Waals surface area contributed by atoms with Gasteiger partial charge < -0.3 is 15.4 Å². The number of carbonyl (C=O) groups is 1. The van der Waals surface area contributed by atoms with E-state index in [2.05, 4.69) is 15.5 Å². The highest BCUT2D eigenvalue weighted by molar-refractivity contribution is 7.19. The summed E-state index contributed by atoms with van der Waals surface area (Å²) >= 11 is 1.82. The van der Waals surface area contributed by atoms with Gasteiger partial charge in [-0.3, -0.25) is 9.69 Å². The molecule has 0 bridgehead atoms. The highest BCUT2D eigenvalue weighted by atomic mass is 32.1. The monoisotopic (exact) mass is 401 g/mol. The maximum absolute atomic E-state index is 12.3. The van der Waals surface area contributed by atoms with E-state index in [0.717, 1.165) is 86.9 Å². The highest BCUT2D eigenvalue weighted by Gasteiger charge is 2.26. The SMILES string of the molecule is O=C1NCCCC1Nc1nc(CN2CCOCC2)nc2sc3c(c12)CCCC3. The van der Waals surface area contributed by atoms with Crippen LogP contribution >= 0.6 is 11.3 Å². The van der Waals surface area contributed by atoms with Gasteiger partial charge in [0.2, 0.25) is 5.91 Å². The van der Waals surface area contributed by atoms with E-state index in [9.17, 15) is 4.79 Å². The Balaban J connectivity index is 1.51. The van der Waals surface area contributed by atoms with E-state index in [1.807, 2.05) is 11.3 Å². The Kier molecular flexibility index (Phi) is 5.17. The molecular weight excluding hydrogens is 374 g/mol. The van der Waals surface area contributed by atoms with E-state index in [4.69, 9.17) is 14.7 Å². The maximum Gasteiger partial charge on any atom is 0.242 e. The van der Waals surface area contributed by atoms with Gasteiger partial charge in [0.25, 0.3) is 0 Å². The molecule has 2 aliphatic heterocycles. The number of ether oxygens (including phenoxy) is 1. The molecule has 1 unspecified atom stereocenters. The summed E-state index contributed by atoms with van der Waals surface area (Å²) in [6.45, 7) is 4.86. The number of amides is 1. The van der Waals surface area contributed by atoms with Crippen LogP contribution in [-0.2, 0) is 28.9 Å². The molecule has 2 N–H and O–H groups in total. The molecule has 1 amide bonds. The topological polar surface area (TPSA) is 79.4 Å². The average molecular weight is 402 g/mol. The summed E-state index contributed by atoms with van der Waals surface area (Å²) in [6, 6.07) is -0.206. The Morgan fingerprint density at radius 1 is 1.18 bits per heavy atom. The first-order valence-corrected chi connectivity index (χ1v) is 11.2. The van der Waals surface area contributed by atoms with Gasteiger partial charge in [0.1, 0.15) is 22.5 Å². The predicted octanol–water partition coefficient (Wildman–Crippen LogP) is 2.09. The van der Waals surface area contributed by atoms with Crippen LogP contribution in [0, 0.1) is 0 Å². The largest absolute Gasteiger partial charge is 0.379 e. The van der Waals surface area contributed by atoms with Crippen molar-refractivity contribution in [2.45, 2.75) is 51.1 Å². The van der Waals surface area contributed by atoms with Gasteiger partial charge in [-0.15, -0.1) is 11.3 Å². The zero-order valence-corrected chi connectivity index (χ0v) is 16.9. The van der Waals surface area contributed by atoms with E-state index in [0.29, 0.717) is 0 Å². The van der Waals surface area contributed by atoms with E-state index < -0.39 is 0 Å². The van der Waals surface area contributed by atoms with Crippen molar-refractivity contribution in [3.8, 4) is 0 Å². The van der Waals surface area contributed by atoms with E-state index in [1.54, 1.807) is 0 Å². The van der Waals surface area contributed by atoms with E-state index in [-0.39, 0.29) is 11.9 Å². The summed E-state index contributed by atoms with van der Waals surface area (Å²) < 4.78 is 5.46. The van der Waals surface area contributed by atoms with Gasteiger partial charge in [0.05, 0.1) is 25.1 Å². The number of thiophene rings is 1. The van der Waals surface area contributed by atoms with Crippen LogP contribution in [0.3, 0.4) is 0 Å². The standard InChI is InChI=1S/C20H27N5O2S/c26-19-14(5-3-7-21-19)22-18-17-13-4-1-2-6-15(13)28-20(17)24-16(23-18)12-25-8-10-27-11-9-25/h14H,1-12H2,(H,21,26)(H,22,23,24). The van der Waals surface area contributed by atoms with Gasteiger partial charge in [-0.1, -0.05) is 0 Å². The molecule has 7 nitrogen and oxygen atoms in total. The summed E-state index contributed by atoms with van der Waals surface area (Å²) in [6.07, 6.45) is 6.55. The molecule has 3 aliphatic rings. The van der Waals surface area contributed by atoms with Crippen molar-refractivity contribution in [1.29, 1.82) is 0 Å². The number of piperidine rings is 1. The van der Waals surface area contributed by atoms with Crippen LogP contribution in [0.4, 0.5) is 5.82 Å². The fourth-order valence-electron chi connectivity index (χ4n) is 4.41. The van der Waals surface area contributed by atoms with Gasteiger partial charge in [-0.05, 0) is 44.1 Å². The number of nitrogens with zero attached hydrogens (tertiary/aromatic N) is 3. The van der Waals surface area contributed by atoms with Crippen molar-refractivity contribution in [3.05, 3.63) is 16.3 Å². The fourth-order valence-corrected chi connectivity index (χ4v) is 5.69. The lowest BCUT2D eigenvalue weighted by Gasteiger charge is -2.26. The molecule has 5 rings (SSSR count). The lowest BCUT2D eigenvalue weighted by molar-refractivity contribution is -0.123. The number of hydrogen-bond acceptors (Lipinski definition) is 7. The number of fused-ring (bicyclic) bond motifs is 3. The van der Waals surface area contributed by atoms with Crippen LogP contribution in [0.25, 0.3) is 10.2 Å². The van der Waals surface area contributed by atoms with Gasteiger partial charge >= 0.3 is 0 Å². The Morgan fingerprint density at radius 3 is 2.89 bits per heavy atom.